The molecule has 30 heavy (non-hydrogen) atoms. The van der Waals surface area contributed by atoms with Crippen molar-refractivity contribution >= 4 is 6.09 Å². The molecule has 5 nitrogen and oxygen atoms in total. The van der Waals surface area contributed by atoms with Crippen LogP contribution in [0.25, 0.3) is 0 Å². The quantitative estimate of drug-likeness (QED) is 0.655. The molecule has 0 unspecified atom stereocenters. The van der Waals surface area contributed by atoms with Gasteiger partial charge in [-0.2, -0.15) is 5.26 Å². The van der Waals surface area contributed by atoms with Crippen molar-refractivity contribution in [1.29, 1.82) is 5.26 Å². The number of benzene rings is 2. The lowest BCUT2D eigenvalue weighted by molar-refractivity contribution is 0.132. The van der Waals surface area contributed by atoms with Gasteiger partial charge in [-0.25, -0.2) is 13.6 Å². The molecule has 146 valence electrons. The van der Waals surface area contributed by atoms with Gasteiger partial charge in [-0.15, -0.1) is 0 Å². The highest BCUT2D eigenvalue weighted by molar-refractivity contribution is 5.71. The third kappa shape index (κ3) is 4.11. The zero-order valence-electron chi connectivity index (χ0n) is 15.4. The molecule has 0 saturated carbocycles. The zero-order chi connectivity index (χ0) is 21.1. The van der Waals surface area contributed by atoms with Crippen LogP contribution in [0.2, 0.25) is 0 Å². The van der Waals surface area contributed by atoms with Crippen LogP contribution in [0.5, 0.6) is 0 Å². The molecule has 2 atom stereocenters. The minimum atomic E-state index is -0.917. The predicted molar refractivity (Wildman–Crippen MR) is 103 cm³/mol. The van der Waals surface area contributed by atoms with E-state index < -0.39 is 29.9 Å². The molecular weight excluding hydrogens is 388 g/mol. The van der Waals surface area contributed by atoms with E-state index in [2.05, 4.69) is 28.2 Å². The fourth-order valence-electron chi connectivity index (χ4n) is 3.19. The Bertz CT molecular complexity index is 1220. The fraction of sp³-hybridized carbons (Fsp3) is 0.0870. The molecule has 3 aromatic rings. The summed E-state index contributed by atoms with van der Waals surface area (Å²) in [5.41, 5.74) is 2.52. The first kappa shape index (κ1) is 19.1. The highest BCUT2D eigenvalue weighted by Gasteiger charge is 2.37. The Morgan fingerprint density at radius 3 is 2.43 bits per heavy atom. The molecule has 0 spiro atoms. The summed E-state index contributed by atoms with van der Waals surface area (Å²) in [6.07, 6.45) is 1.47. The Labute approximate surface area is 170 Å². The monoisotopic (exact) mass is 401 g/mol. The van der Waals surface area contributed by atoms with Crippen LogP contribution in [0.3, 0.4) is 0 Å². The number of amides is 1. The number of carbonyl (C=O) groups is 1. The number of cyclic esters (lactones) is 1. The number of nitrogens with zero attached hydrogens (tertiary/aromatic N) is 2. The van der Waals surface area contributed by atoms with Gasteiger partial charge in [-0.05, 0) is 42.0 Å². The molecule has 1 amide bonds. The number of nitrogens with one attached hydrogen (secondary N) is 1. The Kier molecular flexibility index (Phi) is 5.11. The van der Waals surface area contributed by atoms with Gasteiger partial charge in [0.15, 0.2) is 6.10 Å². The lowest BCUT2D eigenvalue weighted by atomic mass is 9.96. The first-order valence-corrected chi connectivity index (χ1v) is 8.92. The standard InChI is InChI=1S/C23H13F2N3O2/c24-19-8-17(9-20(25)10-19)22-21(28-23(29)30-22)18-7-16(12-27-13-18)5-4-14-2-1-3-15(6-14)11-26/h1-3,6-10,12-13,21-22H,(H,28,29)/t21-,22-/m0/s1. The summed E-state index contributed by atoms with van der Waals surface area (Å²) in [6.45, 7) is 0. The summed E-state index contributed by atoms with van der Waals surface area (Å²) >= 11 is 0. The van der Waals surface area contributed by atoms with Gasteiger partial charge < -0.3 is 10.1 Å². The van der Waals surface area contributed by atoms with E-state index in [1.165, 1.54) is 6.20 Å². The van der Waals surface area contributed by atoms with Gasteiger partial charge in [0.2, 0.25) is 0 Å². The number of carbonyl (C=O) groups excluding carboxylic acids is 1. The summed E-state index contributed by atoms with van der Waals surface area (Å²) in [5.74, 6) is 4.41. The Hall–Kier alpha value is -4.23. The van der Waals surface area contributed by atoms with Crippen LogP contribution in [0.1, 0.15) is 40.0 Å². The van der Waals surface area contributed by atoms with E-state index in [1.54, 1.807) is 36.5 Å². The van der Waals surface area contributed by atoms with Gasteiger partial charge in [-0.3, -0.25) is 4.98 Å². The van der Waals surface area contributed by atoms with Crippen LogP contribution in [-0.4, -0.2) is 11.1 Å². The fourth-order valence-corrected chi connectivity index (χ4v) is 3.19. The molecule has 1 N–H and O–H groups in total. The minimum Gasteiger partial charge on any atom is -0.439 e. The van der Waals surface area contributed by atoms with Gasteiger partial charge in [-0.1, -0.05) is 17.9 Å². The first-order chi connectivity index (χ1) is 14.5. The summed E-state index contributed by atoms with van der Waals surface area (Å²) in [4.78, 5) is 16.0. The van der Waals surface area contributed by atoms with E-state index in [0.717, 1.165) is 18.2 Å². The summed E-state index contributed by atoms with van der Waals surface area (Å²) in [5, 5.41) is 11.6. The van der Waals surface area contributed by atoms with E-state index in [1.807, 2.05) is 0 Å². The maximum absolute atomic E-state index is 13.6. The molecule has 0 bridgehead atoms. The highest BCUT2D eigenvalue weighted by atomic mass is 19.1. The zero-order valence-corrected chi connectivity index (χ0v) is 15.4. The number of hydrogen-bond acceptors (Lipinski definition) is 4. The molecule has 1 aromatic heterocycles. The Balaban J connectivity index is 1.65. The SMILES string of the molecule is N#Cc1cccc(C#Cc2cncc([C@@H]3NC(=O)O[C@H]3c3cc(F)cc(F)c3)c2)c1. The number of rotatable bonds is 2. The van der Waals surface area contributed by atoms with E-state index in [4.69, 9.17) is 10.00 Å². The number of nitriles is 1. The van der Waals surface area contributed by atoms with Gasteiger partial charge in [0, 0.05) is 35.2 Å². The summed E-state index contributed by atoms with van der Waals surface area (Å²) < 4.78 is 32.5. The molecule has 1 saturated heterocycles. The Morgan fingerprint density at radius 1 is 0.933 bits per heavy atom. The molecule has 1 aliphatic heterocycles. The highest BCUT2D eigenvalue weighted by Crippen LogP contribution is 2.37. The smallest absolute Gasteiger partial charge is 0.408 e. The van der Waals surface area contributed by atoms with Crippen molar-refractivity contribution in [2.24, 2.45) is 0 Å². The number of halogens is 2. The largest absolute Gasteiger partial charge is 0.439 e. The summed E-state index contributed by atoms with van der Waals surface area (Å²) in [7, 11) is 0. The first-order valence-electron chi connectivity index (χ1n) is 8.92. The Morgan fingerprint density at radius 2 is 1.67 bits per heavy atom. The minimum absolute atomic E-state index is 0.195. The van der Waals surface area contributed by atoms with Crippen molar-refractivity contribution in [2.45, 2.75) is 12.1 Å². The third-order valence-corrected chi connectivity index (χ3v) is 4.48. The average Bonchev–Trinajstić information content (AvgIpc) is 3.14. The number of hydrogen-bond donors (Lipinski definition) is 1. The van der Waals surface area contributed by atoms with E-state index in [-0.39, 0.29) is 5.56 Å². The molecule has 1 fully saturated rings. The molecule has 0 radical (unpaired) electrons. The molecular formula is C23H13F2N3O2. The van der Waals surface area contributed by atoms with Crippen molar-refractivity contribution in [1.82, 2.24) is 10.3 Å². The predicted octanol–water partition coefficient (Wildman–Crippen LogP) is 4.15. The lowest BCUT2D eigenvalue weighted by Crippen LogP contribution is -2.20. The van der Waals surface area contributed by atoms with Crippen molar-refractivity contribution in [3.8, 4) is 17.9 Å². The van der Waals surface area contributed by atoms with Crippen LogP contribution < -0.4 is 5.32 Å². The number of aromatic nitrogens is 1. The second kappa shape index (κ2) is 8.02. The van der Waals surface area contributed by atoms with E-state index in [9.17, 15) is 13.6 Å². The van der Waals surface area contributed by atoms with E-state index >= 15 is 0 Å². The number of pyridine rings is 1. The van der Waals surface area contributed by atoms with Crippen molar-refractivity contribution < 1.29 is 18.3 Å². The second-order valence-electron chi connectivity index (χ2n) is 6.60. The van der Waals surface area contributed by atoms with Crippen molar-refractivity contribution in [3.63, 3.8) is 0 Å². The van der Waals surface area contributed by atoms with Crippen molar-refractivity contribution in [2.75, 3.05) is 0 Å². The number of alkyl carbamates (subject to hydrolysis) is 1. The van der Waals surface area contributed by atoms with Crippen LogP contribution in [-0.2, 0) is 4.74 Å². The van der Waals surface area contributed by atoms with Crippen LogP contribution in [0, 0.1) is 34.8 Å². The molecule has 7 heteroatoms. The average molecular weight is 401 g/mol. The maximum atomic E-state index is 13.6. The van der Waals surface area contributed by atoms with Crippen LogP contribution >= 0.6 is 0 Å². The van der Waals surface area contributed by atoms with Crippen molar-refractivity contribution in [3.05, 3.63) is 100 Å². The van der Waals surface area contributed by atoms with Crippen LogP contribution in [0.4, 0.5) is 13.6 Å². The van der Waals surface area contributed by atoms with E-state index in [0.29, 0.717) is 22.3 Å². The summed E-state index contributed by atoms with van der Waals surface area (Å²) in [6, 6.07) is 13.0. The molecule has 2 aromatic carbocycles. The van der Waals surface area contributed by atoms with Gasteiger partial charge in [0.25, 0.3) is 0 Å². The normalized spacial score (nSPS) is 17.3. The molecule has 0 aliphatic carbocycles. The topological polar surface area (TPSA) is 75.0 Å². The molecule has 2 heterocycles. The second-order valence-corrected chi connectivity index (χ2v) is 6.60. The molecule has 4 rings (SSSR count). The molecule has 1 aliphatic rings. The van der Waals surface area contributed by atoms with Gasteiger partial charge in [0.05, 0.1) is 11.6 Å². The lowest BCUT2D eigenvalue weighted by Gasteiger charge is -2.17. The third-order valence-electron chi connectivity index (χ3n) is 4.48. The maximum Gasteiger partial charge on any atom is 0.408 e. The van der Waals surface area contributed by atoms with Crippen LogP contribution in [0.15, 0.2) is 60.9 Å². The van der Waals surface area contributed by atoms with Gasteiger partial charge >= 0.3 is 6.09 Å². The van der Waals surface area contributed by atoms with Gasteiger partial charge in [0.1, 0.15) is 17.7 Å². The number of ether oxygens (including phenoxy) is 1.